The molecule has 2 fully saturated rings. The van der Waals surface area contributed by atoms with E-state index in [1.807, 2.05) is 0 Å². The Labute approximate surface area is 126 Å². The van der Waals surface area contributed by atoms with E-state index in [1.165, 1.54) is 0 Å². The third-order valence-corrected chi connectivity index (χ3v) is 4.05. The van der Waals surface area contributed by atoms with Gasteiger partial charge in [0.2, 0.25) is 0 Å². The summed E-state index contributed by atoms with van der Waals surface area (Å²) in [4.78, 5) is 14.6. The van der Waals surface area contributed by atoms with Crippen molar-refractivity contribution in [1.29, 1.82) is 0 Å². The van der Waals surface area contributed by atoms with Crippen molar-refractivity contribution in [3.63, 3.8) is 0 Å². The molecule has 2 heterocycles. The lowest BCUT2D eigenvalue weighted by atomic mass is 9.96. The fraction of sp³-hybridized carbons (Fsp3) is 0.750. The van der Waals surface area contributed by atoms with Gasteiger partial charge in [0.25, 0.3) is 5.91 Å². The number of carbonyl (C=O) groups is 1. The Hall–Kier alpha value is -1.36. The highest BCUT2D eigenvalue weighted by Gasteiger charge is 2.30. The van der Waals surface area contributed by atoms with Crippen LogP contribution in [-0.4, -0.2) is 41.6 Å². The van der Waals surface area contributed by atoms with Crippen LogP contribution >= 0.6 is 0 Å². The summed E-state index contributed by atoms with van der Waals surface area (Å²) in [6.45, 7) is 9.77. The smallest absolute Gasteiger partial charge is 0.273 e. The first kappa shape index (κ1) is 14.6. The lowest BCUT2D eigenvalue weighted by Gasteiger charge is -2.26. The summed E-state index contributed by atoms with van der Waals surface area (Å²) in [5.74, 6) is 1.25. The van der Waals surface area contributed by atoms with Crippen molar-refractivity contribution in [3.05, 3.63) is 17.5 Å². The SMILES string of the molecule is CC(C)(C)CN1CCC(NC(=O)c2cc(C3CC3)on2)C1. The van der Waals surface area contributed by atoms with Gasteiger partial charge in [-0.1, -0.05) is 25.9 Å². The molecule has 0 radical (unpaired) electrons. The van der Waals surface area contributed by atoms with Gasteiger partial charge in [-0.2, -0.15) is 0 Å². The van der Waals surface area contributed by atoms with Crippen molar-refractivity contribution < 1.29 is 9.32 Å². The van der Waals surface area contributed by atoms with Crippen LogP contribution in [0, 0.1) is 5.41 Å². The van der Waals surface area contributed by atoms with E-state index in [9.17, 15) is 4.79 Å². The van der Waals surface area contributed by atoms with E-state index in [0.717, 1.165) is 44.7 Å². The summed E-state index contributed by atoms with van der Waals surface area (Å²) in [6, 6.07) is 2.02. The topological polar surface area (TPSA) is 58.4 Å². The highest BCUT2D eigenvalue weighted by molar-refractivity contribution is 5.92. The molecule has 1 aliphatic carbocycles. The number of rotatable bonds is 4. The second-order valence-corrected chi connectivity index (χ2v) is 7.64. The zero-order valence-corrected chi connectivity index (χ0v) is 13.2. The number of aromatic nitrogens is 1. The normalized spacial score (nSPS) is 23.5. The fourth-order valence-corrected chi connectivity index (χ4v) is 2.98. The van der Waals surface area contributed by atoms with Crippen molar-refractivity contribution in [3.8, 4) is 0 Å². The molecule has 5 nitrogen and oxygen atoms in total. The number of carbonyl (C=O) groups excluding carboxylic acids is 1. The molecule has 1 unspecified atom stereocenters. The van der Waals surface area contributed by atoms with E-state index in [0.29, 0.717) is 17.0 Å². The minimum Gasteiger partial charge on any atom is -0.360 e. The Morgan fingerprint density at radius 2 is 2.19 bits per heavy atom. The van der Waals surface area contributed by atoms with Crippen LogP contribution in [0.15, 0.2) is 10.6 Å². The predicted molar refractivity (Wildman–Crippen MR) is 80.2 cm³/mol. The van der Waals surface area contributed by atoms with Crippen molar-refractivity contribution in [2.75, 3.05) is 19.6 Å². The van der Waals surface area contributed by atoms with Gasteiger partial charge in [0.15, 0.2) is 5.69 Å². The van der Waals surface area contributed by atoms with Gasteiger partial charge in [-0.05, 0) is 24.7 Å². The minimum absolute atomic E-state index is 0.103. The quantitative estimate of drug-likeness (QED) is 0.925. The molecule has 0 spiro atoms. The van der Waals surface area contributed by atoms with Crippen molar-refractivity contribution in [1.82, 2.24) is 15.4 Å². The van der Waals surface area contributed by atoms with Gasteiger partial charge in [-0.25, -0.2) is 0 Å². The minimum atomic E-state index is -0.103. The Morgan fingerprint density at radius 1 is 1.43 bits per heavy atom. The van der Waals surface area contributed by atoms with Crippen molar-refractivity contribution in [2.24, 2.45) is 5.41 Å². The largest absolute Gasteiger partial charge is 0.360 e. The van der Waals surface area contributed by atoms with E-state index in [1.54, 1.807) is 6.07 Å². The molecule has 1 aromatic rings. The standard InChI is InChI=1S/C16H25N3O2/c1-16(2,3)10-19-7-6-12(9-19)17-15(20)13-8-14(21-18-13)11-4-5-11/h8,11-12H,4-7,9-10H2,1-3H3,(H,17,20). The molecule has 1 aliphatic heterocycles. The Balaban J connectivity index is 1.51. The maximum atomic E-state index is 12.2. The van der Waals surface area contributed by atoms with Crippen LogP contribution in [0.1, 0.15) is 62.2 Å². The van der Waals surface area contributed by atoms with Crippen LogP contribution in [0.4, 0.5) is 0 Å². The number of likely N-dealkylation sites (tertiary alicyclic amines) is 1. The van der Waals surface area contributed by atoms with Crippen LogP contribution in [0.2, 0.25) is 0 Å². The number of nitrogens with one attached hydrogen (secondary N) is 1. The maximum Gasteiger partial charge on any atom is 0.273 e. The molecular weight excluding hydrogens is 266 g/mol. The van der Waals surface area contributed by atoms with Gasteiger partial charge in [0.1, 0.15) is 5.76 Å². The summed E-state index contributed by atoms with van der Waals surface area (Å²) >= 11 is 0. The third kappa shape index (κ3) is 3.84. The number of amides is 1. The zero-order valence-electron chi connectivity index (χ0n) is 13.2. The first-order valence-corrected chi connectivity index (χ1v) is 7.90. The summed E-state index contributed by atoms with van der Waals surface area (Å²) in [7, 11) is 0. The molecule has 1 amide bonds. The molecule has 0 aromatic carbocycles. The van der Waals surface area contributed by atoms with Gasteiger partial charge >= 0.3 is 0 Å². The van der Waals surface area contributed by atoms with Gasteiger partial charge in [0.05, 0.1) is 0 Å². The number of nitrogens with zero attached hydrogens (tertiary/aromatic N) is 2. The van der Waals surface area contributed by atoms with Gasteiger partial charge < -0.3 is 14.7 Å². The Morgan fingerprint density at radius 3 is 2.86 bits per heavy atom. The van der Waals surface area contributed by atoms with Crippen LogP contribution in [0.5, 0.6) is 0 Å². The molecule has 116 valence electrons. The highest BCUT2D eigenvalue weighted by atomic mass is 16.5. The molecule has 1 aromatic heterocycles. The van der Waals surface area contributed by atoms with Gasteiger partial charge in [-0.3, -0.25) is 4.79 Å². The van der Waals surface area contributed by atoms with Crippen molar-refractivity contribution in [2.45, 2.75) is 52.0 Å². The van der Waals surface area contributed by atoms with Crippen LogP contribution in [0.3, 0.4) is 0 Å². The molecule has 5 heteroatoms. The lowest BCUT2D eigenvalue weighted by molar-refractivity contribution is 0.0927. The average Bonchev–Trinajstić information content (AvgIpc) is 2.95. The first-order valence-electron chi connectivity index (χ1n) is 7.90. The summed E-state index contributed by atoms with van der Waals surface area (Å²) in [5.41, 5.74) is 0.718. The summed E-state index contributed by atoms with van der Waals surface area (Å²) in [5, 5.41) is 6.98. The molecule has 1 N–H and O–H groups in total. The number of hydrogen-bond acceptors (Lipinski definition) is 4. The van der Waals surface area contributed by atoms with Crippen molar-refractivity contribution >= 4 is 5.91 Å². The van der Waals surface area contributed by atoms with Crippen LogP contribution in [0.25, 0.3) is 0 Å². The van der Waals surface area contributed by atoms with E-state index >= 15 is 0 Å². The molecule has 0 bridgehead atoms. The second kappa shape index (κ2) is 5.44. The highest BCUT2D eigenvalue weighted by Crippen LogP contribution is 2.40. The van der Waals surface area contributed by atoms with Gasteiger partial charge in [-0.15, -0.1) is 0 Å². The van der Waals surface area contributed by atoms with Gasteiger partial charge in [0, 0.05) is 37.7 Å². The van der Waals surface area contributed by atoms with Crippen LogP contribution in [-0.2, 0) is 0 Å². The van der Waals surface area contributed by atoms with E-state index in [-0.39, 0.29) is 11.9 Å². The molecule has 2 aliphatic rings. The third-order valence-electron chi connectivity index (χ3n) is 4.05. The lowest BCUT2D eigenvalue weighted by Crippen LogP contribution is -2.38. The Bertz CT molecular complexity index is 514. The number of hydrogen-bond donors (Lipinski definition) is 1. The van der Waals surface area contributed by atoms with E-state index in [2.05, 4.69) is 36.1 Å². The van der Waals surface area contributed by atoms with E-state index in [4.69, 9.17) is 4.52 Å². The summed E-state index contributed by atoms with van der Waals surface area (Å²) in [6.07, 6.45) is 3.32. The zero-order chi connectivity index (χ0) is 15.0. The molecule has 3 rings (SSSR count). The molecule has 1 saturated carbocycles. The average molecular weight is 291 g/mol. The molecule has 1 atom stereocenters. The first-order chi connectivity index (χ1) is 9.90. The van der Waals surface area contributed by atoms with E-state index < -0.39 is 0 Å². The second-order valence-electron chi connectivity index (χ2n) is 7.64. The Kier molecular flexibility index (Phi) is 3.78. The molecular formula is C16H25N3O2. The van der Waals surface area contributed by atoms with Crippen LogP contribution < -0.4 is 5.32 Å². The fourth-order valence-electron chi connectivity index (χ4n) is 2.98. The summed E-state index contributed by atoms with van der Waals surface area (Å²) < 4.78 is 5.24. The predicted octanol–water partition coefficient (Wildman–Crippen LogP) is 2.40. The molecule has 1 saturated heterocycles. The maximum absolute atomic E-state index is 12.2. The monoisotopic (exact) mass is 291 g/mol. The molecule has 21 heavy (non-hydrogen) atoms.